The van der Waals surface area contributed by atoms with Crippen LogP contribution in [0.5, 0.6) is 0 Å². The quantitative estimate of drug-likeness (QED) is 0.813. The first-order valence-corrected chi connectivity index (χ1v) is 8.50. The molecule has 0 N–H and O–H groups in total. The number of nitrogens with zero attached hydrogens (tertiary/aromatic N) is 1. The van der Waals surface area contributed by atoms with Crippen molar-refractivity contribution in [3.05, 3.63) is 65.7 Å². The van der Waals surface area contributed by atoms with Gasteiger partial charge in [0.1, 0.15) is 0 Å². The average molecular weight is 315 g/mol. The topological polar surface area (TPSA) is 72.8 Å². The summed E-state index contributed by atoms with van der Waals surface area (Å²) >= 11 is 0. The molecular weight excluding hydrogens is 302 g/mol. The lowest BCUT2D eigenvalue weighted by Crippen LogP contribution is -2.12. The zero-order valence-corrected chi connectivity index (χ0v) is 12.6. The van der Waals surface area contributed by atoms with Gasteiger partial charge in [0.2, 0.25) is 5.90 Å². The molecule has 0 saturated heterocycles. The summed E-state index contributed by atoms with van der Waals surface area (Å²) in [5, 5.41) is 0. The van der Waals surface area contributed by atoms with Crippen LogP contribution in [0.15, 0.2) is 64.5 Å². The van der Waals surface area contributed by atoms with Crippen LogP contribution in [0.3, 0.4) is 0 Å². The molecule has 0 aliphatic carbocycles. The maximum Gasteiger partial charge on any atom is 0.342 e. The van der Waals surface area contributed by atoms with E-state index in [1.165, 1.54) is 6.07 Å². The Balaban J connectivity index is 2.06. The third-order valence-corrected chi connectivity index (χ3v) is 4.45. The molecule has 2 aromatic rings. The molecule has 1 aliphatic rings. The third-order valence-electron chi connectivity index (χ3n) is 3.30. The molecule has 1 aliphatic heterocycles. The Morgan fingerprint density at radius 3 is 2.32 bits per heavy atom. The van der Waals surface area contributed by atoms with Gasteiger partial charge >= 0.3 is 5.97 Å². The van der Waals surface area contributed by atoms with Crippen LogP contribution in [0.4, 0.5) is 0 Å². The highest BCUT2D eigenvalue weighted by molar-refractivity contribution is 7.90. The number of carbonyl (C=O) groups is 1. The molecule has 0 bridgehead atoms. The molecule has 6 heteroatoms. The van der Waals surface area contributed by atoms with E-state index in [0.29, 0.717) is 11.1 Å². The van der Waals surface area contributed by atoms with Crippen molar-refractivity contribution in [3.8, 4) is 0 Å². The average Bonchev–Trinajstić information content (AvgIpc) is 2.89. The molecular formula is C16H13NO4S. The van der Waals surface area contributed by atoms with E-state index in [1.54, 1.807) is 42.5 Å². The summed E-state index contributed by atoms with van der Waals surface area (Å²) in [6.07, 6.45) is 1.11. The highest BCUT2D eigenvalue weighted by atomic mass is 32.2. The fourth-order valence-corrected chi connectivity index (χ4v) is 3.17. The Morgan fingerprint density at radius 2 is 1.64 bits per heavy atom. The molecule has 112 valence electrons. The molecule has 0 spiro atoms. The largest absolute Gasteiger partial charge is 0.405 e. The first kappa shape index (κ1) is 14.5. The number of esters is 1. The summed E-state index contributed by atoms with van der Waals surface area (Å²) in [6.45, 7) is 0. The second-order valence-corrected chi connectivity index (χ2v) is 6.92. The molecule has 2 aromatic carbocycles. The van der Waals surface area contributed by atoms with E-state index < -0.39 is 21.8 Å². The van der Waals surface area contributed by atoms with Gasteiger partial charge in [-0.1, -0.05) is 42.5 Å². The summed E-state index contributed by atoms with van der Waals surface area (Å²) in [4.78, 5) is 16.4. The number of carbonyl (C=O) groups excluding carboxylic acids is 1. The first-order valence-electron chi connectivity index (χ1n) is 6.61. The van der Waals surface area contributed by atoms with Crippen molar-refractivity contribution in [2.24, 2.45) is 4.99 Å². The zero-order valence-electron chi connectivity index (χ0n) is 11.8. The molecule has 1 unspecified atom stereocenters. The van der Waals surface area contributed by atoms with Gasteiger partial charge in [0.15, 0.2) is 15.9 Å². The van der Waals surface area contributed by atoms with Gasteiger partial charge in [0, 0.05) is 6.26 Å². The van der Waals surface area contributed by atoms with Crippen molar-refractivity contribution in [2.45, 2.75) is 10.9 Å². The molecule has 5 nitrogen and oxygen atoms in total. The minimum atomic E-state index is -3.44. The lowest BCUT2D eigenvalue weighted by molar-refractivity contribution is -0.135. The van der Waals surface area contributed by atoms with Crippen molar-refractivity contribution in [2.75, 3.05) is 6.26 Å². The van der Waals surface area contributed by atoms with E-state index in [-0.39, 0.29) is 10.8 Å². The van der Waals surface area contributed by atoms with Crippen LogP contribution in [0.1, 0.15) is 17.2 Å². The smallest absolute Gasteiger partial charge is 0.342 e. The standard InChI is InChI=1S/C16H13NO4S/c1-22(19,20)13-10-6-5-9-12(13)15-17-14(16(18)21-15)11-7-3-2-4-8-11/h2-10,14H,1H3. The highest BCUT2D eigenvalue weighted by Gasteiger charge is 2.32. The minimum absolute atomic E-state index is 0.0416. The van der Waals surface area contributed by atoms with Gasteiger partial charge in [-0.3, -0.25) is 0 Å². The van der Waals surface area contributed by atoms with Gasteiger partial charge in [0.25, 0.3) is 0 Å². The SMILES string of the molecule is CS(=O)(=O)c1ccccc1C1=NC(c2ccccc2)C(=O)O1. The molecule has 1 heterocycles. The predicted octanol–water partition coefficient (Wildman–Crippen LogP) is 2.13. The second kappa shape index (κ2) is 5.38. The number of benzene rings is 2. The molecule has 0 fully saturated rings. The highest BCUT2D eigenvalue weighted by Crippen LogP contribution is 2.28. The fraction of sp³-hybridized carbons (Fsp3) is 0.125. The lowest BCUT2D eigenvalue weighted by atomic mass is 10.1. The summed E-state index contributed by atoms with van der Waals surface area (Å²) < 4.78 is 28.9. The van der Waals surface area contributed by atoms with Crippen LogP contribution in [-0.2, 0) is 19.4 Å². The van der Waals surface area contributed by atoms with E-state index in [1.807, 2.05) is 6.07 Å². The zero-order chi connectivity index (χ0) is 15.7. The van der Waals surface area contributed by atoms with Crippen molar-refractivity contribution >= 4 is 21.7 Å². The number of sulfone groups is 1. The monoisotopic (exact) mass is 315 g/mol. The molecule has 3 rings (SSSR count). The van der Waals surface area contributed by atoms with Crippen molar-refractivity contribution < 1.29 is 17.9 Å². The molecule has 1 atom stereocenters. The Hall–Kier alpha value is -2.47. The van der Waals surface area contributed by atoms with Gasteiger partial charge in [-0.15, -0.1) is 0 Å². The Bertz CT molecular complexity index is 857. The predicted molar refractivity (Wildman–Crippen MR) is 81.4 cm³/mol. The van der Waals surface area contributed by atoms with Crippen LogP contribution in [0.25, 0.3) is 0 Å². The Kier molecular flexibility index (Phi) is 3.54. The third kappa shape index (κ3) is 2.65. The van der Waals surface area contributed by atoms with Crippen LogP contribution < -0.4 is 0 Å². The summed E-state index contributed by atoms with van der Waals surface area (Å²) in [6, 6.07) is 14.6. The van der Waals surface area contributed by atoms with Crippen LogP contribution in [-0.4, -0.2) is 26.5 Å². The molecule has 22 heavy (non-hydrogen) atoms. The number of ether oxygens (including phenoxy) is 1. The summed E-state index contributed by atoms with van der Waals surface area (Å²) in [7, 11) is -3.44. The van der Waals surface area contributed by atoms with E-state index in [9.17, 15) is 13.2 Å². The van der Waals surface area contributed by atoms with Gasteiger partial charge in [-0.25, -0.2) is 18.2 Å². The normalized spacial score (nSPS) is 18.0. The minimum Gasteiger partial charge on any atom is -0.405 e. The maximum absolute atomic E-state index is 12.0. The number of aliphatic imine (C=N–C) groups is 1. The van der Waals surface area contributed by atoms with Gasteiger partial charge in [0.05, 0.1) is 10.5 Å². The van der Waals surface area contributed by atoms with E-state index >= 15 is 0 Å². The number of hydrogen-bond acceptors (Lipinski definition) is 5. The molecule has 0 amide bonds. The number of rotatable bonds is 3. The van der Waals surface area contributed by atoms with Crippen LogP contribution >= 0.6 is 0 Å². The molecule has 0 saturated carbocycles. The lowest BCUT2D eigenvalue weighted by Gasteiger charge is -2.05. The Labute approximate surface area is 128 Å². The summed E-state index contributed by atoms with van der Waals surface area (Å²) in [5.41, 5.74) is 1.01. The Morgan fingerprint density at radius 1 is 1.00 bits per heavy atom. The van der Waals surface area contributed by atoms with Crippen LogP contribution in [0, 0.1) is 0 Å². The van der Waals surface area contributed by atoms with E-state index in [0.717, 1.165) is 6.26 Å². The first-order chi connectivity index (χ1) is 10.5. The van der Waals surface area contributed by atoms with Crippen molar-refractivity contribution in [1.82, 2.24) is 0 Å². The van der Waals surface area contributed by atoms with Gasteiger partial charge < -0.3 is 4.74 Å². The van der Waals surface area contributed by atoms with E-state index in [2.05, 4.69) is 4.99 Å². The number of hydrogen-bond donors (Lipinski definition) is 0. The fourth-order valence-electron chi connectivity index (χ4n) is 2.28. The van der Waals surface area contributed by atoms with Gasteiger partial charge in [-0.05, 0) is 17.7 Å². The van der Waals surface area contributed by atoms with E-state index in [4.69, 9.17) is 4.74 Å². The molecule has 0 aromatic heterocycles. The second-order valence-electron chi connectivity index (χ2n) is 4.94. The number of cyclic esters (lactones) is 1. The summed E-state index contributed by atoms with van der Waals surface area (Å²) in [5.74, 6) is -0.468. The van der Waals surface area contributed by atoms with Crippen molar-refractivity contribution in [1.29, 1.82) is 0 Å². The van der Waals surface area contributed by atoms with Crippen LogP contribution in [0.2, 0.25) is 0 Å². The maximum atomic E-state index is 12.0. The van der Waals surface area contributed by atoms with Gasteiger partial charge in [-0.2, -0.15) is 0 Å². The van der Waals surface area contributed by atoms with Crippen molar-refractivity contribution in [3.63, 3.8) is 0 Å². The molecule has 0 radical (unpaired) electrons.